The first-order valence-electron chi connectivity index (χ1n) is 11.9. The molecule has 0 saturated heterocycles. The topological polar surface area (TPSA) is 133 Å². The summed E-state index contributed by atoms with van der Waals surface area (Å²) in [6.07, 6.45) is 0. The zero-order chi connectivity index (χ0) is 28.2. The highest BCUT2D eigenvalue weighted by Gasteiger charge is 2.14. The summed E-state index contributed by atoms with van der Waals surface area (Å²) in [5.74, 6) is -0.803. The summed E-state index contributed by atoms with van der Waals surface area (Å²) >= 11 is 0. The molecule has 0 aliphatic carbocycles. The highest BCUT2D eigenvalue weighted by molar-refractivity contribution is 7.91. The van der Waals surface area contributed by atoms with E-state index in [0.717, 1.165) is 10.9 Å². The number of sulfonamides is 1. The van der Waals surface area contributed by atoms with E-state index in [0.29, 0.717) is 33.6 Å². The Balaban J connectivity index is 1.33. The molecule has 0 aliphatic rings. The first-order chi connectivity index (χ1) is 18.5. The van der Waals surface area contributed by atoms with Gasteiger partial charge in [-0.3, -0.25) is 23.9 Å². The van der Waals surface area contributed by atoms with Crippen molar-refractivity contribution >= 4 is 38.5 Å². The quantitative estimate of drug-likeness (QED) is 0.185. The number of anilines is 1. The average molecular weight is 550 g/mol. The third-order valence-electron chi connectivity index (χ3n) is 5.84. The van der Waals surface area contributed by atoms with E-state index in [1.165, 1.54) is 23.6 Å². The normalized spacial score (nSPS) is 11.3. The van der Waals surface area contributed by atoms with Crippen molar-refractivity contribution < 1.29 is 27.6 Å². The highest BCUT2D eigenvalue weighted by atomic mass is 32.2. The molecule has 1 aromatic heterocycles. The van der Waals surface area contributed by atoms with Crippen molar-refractivity contribution in [3.8, 4) is 5.75 Å². The van der Waals surface area contributed by atoms with Gasteiger partial charge < -0.3 is 9.30 Å². The van der Waals surface area contributed by atoms with Crippen LogP contribution in [0.2, 0.25) is 0 Å². The number of nitrogens with one attached hydrogen (secondary N) is 2. The second-order valence-electron chi connectivity index (χ2n) is 8.98. The van der Waals surface area contributed by atoms with Crippen molar-refractivity contribution in [3.05, 3.63) is 105 Å². The second-order valence-corrected chi connectivity index (χ2v) is 10.7. The number of ether oxygens (including phenoxy) is 1. The second kappa shape index (κ2) is 11.5. The van der Waals surface area contributed by atoms with Crippen LogP contribution in [0.25, 0.3) is 10.9 Å². The molecule has 1 heterocycles. The molecule has 2 N–H and O–H groups in total. The molecule has 0 spiro atoms. The lowest BCUT2D eigenvalue weighted by Gasteiger charge is -2.12. The molecular weight excluding hydrogens is 522 g/mol. The van der Waals surface area contributed by atoms with E-state index in [1.807, 2.05) is 0 Å². The number of carbonyl (C=O) groups excluding carboxylic acids is 2. The van der Waals surface area contributed by atoms with Crippen LogP contribution in [0.15, 0.2) is 77.6 Å². The van der Waals surface area contributed by atoms with Crippen molar-refractivity contribution in [2.24, 2.45) is 7.05 Å². The molecule has 0 bridgehead atoms. The van der Waals surface area contributed by atoms with Crippen molar-refractivity contribution in [1.29, 1.82) is 0 Å². The molecule has 4 rings (SSSR count). The number of carbonyl (C=O) groups is 2. The van der Waals surface area contributed by atoms with Gasteiger partial charge in [-0.25, -0.2) is 13.9 Å². The van der Waals surface area contributed by atoms with E-state index in [2.05, 4.69) is 10.2 Å². The van der Waals surface area contributed by atoms with Gasteiger partial charge in [0.05, 0.1) is 23.6 Å². The van der Waals surface area contributed by atoms with Gasteiger partial charge in [-0.1, -0.05) is 30.3 Å². The molecule has 1 amide bonds. The fraction of sp³-hybridized carbons (Fsp3) is 0.179. The van der Waals surface area contributed by atoms with E-state index < -0.39 is 21.9 Å². The largest absolute Gasteiger partial charge is 0.427 e. The average Bonchev–Trinajstić information content (AvgIpc) is 2.88. The Labute approximate surface area is 225 Å². The maximum atomic E-state index is 12.8. The van der Waals surface area contributed by atoms with Crippen molar-refractivity contribution in [1.82, 2.24) is 10.0 Å². The van der Waals surface area contributed by atoms with E-state index >= 15 is 0 Å². The Bertz CT molecular complexity index is 1690. The number of nitrogens with zero attached hydrogens (tertiary/aromatic N) is 1. The smallest absolute Gasteiger partial charge is 0.308 e. The summed E-state index contributed by atoms with van der Waals surface area (Å²) in [6, 6.07) is 19.5. The van der Waals surface area contributed by atoms with Gasteiger partial charge in [-0.15, -0.1) is 0 Å². The summed E-state index contributed by atoms with van der Waals surface area (Å²) in [5.41, 5.74) is 5.29. The van der Waals surface area contributed by atoms with Crippen molar-refractivity contribution in [2.45, 2.75) is 26.2 Å². The Kier molecular flexibility index (Phi) is 8.12. The SMILES string of the molecule is CC(=O)Oc1ccc(CONC(=O)c2ccc(CS(=O)(=O)Nc3ccc4cc(C)c(=O)n(C)c4c3)cc2)cc1. The van der Waals surface area contributed by atoms with Gasteiger partial charge in [0.25, 0.3) is 11.5 Å². The van der Waals surface area contributed by atoms with Gasteiger partial charge in [0.2, 0.25) is 10.0 Å². The van der Waals surface area contributed by atoms with Gasteiger partial charge >= 0.3 is 5.97 Å². The first kappa shape index (κ1) is 27.6. The summed E-state index contributed by atoms with van der Waals surface area (Å²) in [5, 5.41) is 0.826. The number of hydrogen-bond acceptors (Lipinski definition) is 7. The van der Waals surface area contributed by atoms with E-state index in [9.17, 15) is 22.8 Å². The van der Waals surface area contributed by atoms with Crippen LogP contribution in [0, 0.1) is 6.92 Å². The number of rotatable bonds is 9. The molecule has 11 heteroatoms. The van der Waals surface area contributed by atoms with Crippen LogP contribution in [-0.2, 0) is 39.1 Å². The van der Waals surface area contributed by atoms with E-state index in [1.54, 1.807) is 74.6 Å². The van der Waals surface area contributed by atoms with Crippen LogP contribution >= 0.6 is 0 Å². The van der Waals surface area contributed by atoms with Crippen LogP contribution in [0.4, 0.5) is 5.69 Å². The first-order valence-corrected chi connectivity index (χ1v) is 13.6. The third-order valence-corrected chi connectivity index (χ3v) is 7.10. The molecule has 10 nitrogen and oxygen atoms in total. The number of pyridine rings is 1. The van der Waals surface area contributed by atoms with Crippen LogP contribution in [-0.4, -0.2) is 24.9 Å². The molecule has 0 aliphatic heterocycles. The lowest BCUT2D eigenvalue weighted by atomic mass is 10.1. The summed E-state index contributed by atoms with van der Waals surface area (Å²) in [7, 11) is -2.12. The maximum absolute atomic E-state index is 12.8. The predicted molar refractivity (Wildman–Crippen MR) is 147 cm³/mol. The standard InChI is InChI=1S/C28H27N3O7S/c1-18-14-23-10-11-24(15-26(23)31(3)28(18)34)30-39(35,36)17-21-4-8-22(9-5-21)27(33)29-37-16-20-6-12-25(13-7-20)38-19(2)32/h4-15,30H,16-17H2,1-3H3,(H,29,33). The molecule has 0 radical (unpaired) electrons. The minimum atomic E-state index is -3.77. The van der Waals surface area contributed by atoms with Gasteiger partial charge in [-0.05, 0) is 65.9 Å². The Morgan fingerprint density at radius 3 is 2.26 bits per heavy atom. The van der Waals surface area contributed by atoms with Gasteiger partial charge in [0, 0.05) is 25.1 Å². The molecule has 0 atom stereocenters. The number of hydrogen-bond donors (Lipinski definition) is 2. The van der Waals surface area contributed by atoms with Crippen LogP contribution in [0.5, 0.6) is 5.75 Å². The Morgan fingerprint density at radius 1 is 0.923 bits per heavy atom. The van der Waals surface area contributed by atoms with Crippen molar-refractivity contribution in [2.75, 3.05) is 4.72 Å². The fourth-order valence-corrected chi connectivity index (χ4v) is 5.13. The minimum Gasteiger partial charge on any atom is -0.427 e. The number of amides is 1. The number of aryl methyl sites for hydroxylation is 2. The van der Waals surface area contributed by atoms with Crippen molar-refractivity contribution in [3.63, 3.8) is 0 Å². The molecule has 0 unspecified atom stereocenters. The van der Waals surface area contributed by atoms with Gasteiger partial charge in [0.15, 0.2) is 0 Å². The maximum Gasteiger partial charge on any atom is 0.308 e. The summed E-state index contributed by atoms with van der Waals surface area (Å²) < 4.78 is 34.5. The molecule has 39 heavy (non-hydrogen) atoms. The number of esters is 1. The molecule has 0 fully saturated rings. The number of aromatic nitrogens is 1. The van der Waals surface area contributed by atoms with Gasteiger partial charge in [0.1, 0.15) is 5.75 Å². The molecule has 0 saturated carbocycles. The minimum absolute atomic E-state index is 0.0939. The third kappa shape index (κ3) is 7.09. The lowest BCUT2D eigenvalue weighted by Crippen LogP contribution is -2.23. The number of fused-ring (bicyclic) bond motifs is 1. The molecule has 3 aromatic carbocycles. The van der Waals surface area contributed by atoms with Crippen LogP contribution in [0.1, 0.15) is 34.0 Å². The summed E-state index contributed by atoms with van der Waals surface area (Å²) in [4.78, 5) is 40.8. The number of benzene rings is 3. The Morgan fingerprint density at radius 2 is 1.59 bits per heavy atom. The predicted octanol–water partition coefficient (Wildman–Crippen LogP) is 3.58. The Hall–Kier alpha value is -4.48. The monoisotopic (exact) mass is 549 g/mol. The molecule has 4 aromatic rings. The molecular formula is C28H27N3O7S. The van der Waals surface area contributed by atoms with Gasteiger partial charge in [-0.2, -0.15) is 0 Å². The van der Waals surface area contributed by atoms with Crippen LogP contribution < -0.4 is 20.5 Å². The van der Waals surface area contributed by atoms with E-state index in [4.69, 9.17) is 9.57 Å². The van der Waals surface area contributed by atoms with Crippen LogP contribution in [0.3, 0.4) is 0 Å². The number of hydroxylamine groups is 1. The van der Waals surface area contributed by atoms with E-state index in [-0.39, 0.29) is 17.9 Å². The fourth-order valence-electron chi connectivity index (χ4n) is 3.94. The zero-order valence-corrected chi connectivity index (χ0v) is 22.4. The summed E-state index contributed by atoms with van der Waals surface area (Å²) in [6.45, 7) is 3.14. The highest BCUT2D eigenvalue weighted by Crippen LogP contribution is 2.20. The molecule has 202 valence electrons. The lowest BCUT2D eigenvalue weighted by molar-refractivity contribution is -0.131. The zero-order valence-electron chi connectivity index (χ0n) is 21.6.